The third kappa shape index (κ3) is 2.63. The van der Waals surface area contributed by atoms with E-state index < -0.39 is 0 Å². The summed E-state index contributed by atoms with van der Waals surface area (Å²) >= 11 is 0. The molecule has 0 saturated heterocycles. The van der Waals surface area contributed by atoms with E-state index >= 15 is 0 Å². The maximum atomic E-state index is 4.73. The van der Waals surface area contributed by atoms with Crippen LogP contribution < -0.4 is 5.32 Å². The second-order valence-corrected chi connectivity index (χ2v) is 6.47. The molecular weight excluding hydrogens is 236 g/mol. The molecule has 1 saturated carbocycles. The molecule has 0 radical (unpaired) electrons. The first-order valence-electron chi connectivity index (χ1n) is 7.08. The Balaban J connectivity index is 1.91. The summed E-state index contributed by atoms with van der Waals surface area (Å²) < 4.78 is 2.32. The van der Waals surface area contributed by atoms with Gasteiger partial charge in [0, 0.05) is 11.7 Å². The van der Waals surface area contributed by atoms with Crippen molar-refractivity contribution < 1.29 is 0 Å². The van der Waals surface area contributed by atoms with Gasteiger partial charge < -0.3 is 9.88 Å². The van der Waals surface area contributed by atoms with Crippen molar-refractivity contribution in [3.8, 4) is 0 Å². The predicted octanol–water partition coefficient (Wildman–Crippen LogP) is 2.69. The number of rotatable bonds is 4. The minimum absolute atomic E-state index is 0.0344. The number of fused-ring (bicyclic) bond motifs is 1. The summed E-state index contributed by atoms with van der Waals surface area (Å²) in [7, 11) is 0. The Kier molecular flexibility index (Phi) is 3.05. The Morgan fingerprint density at radius 3 is 2.84 bits per heavy atom. The van der Waals surface area contributed by atoms with E-state index in [4.69, 9.17) is 4.98 Å². The van der Waals surface area contributed by atoms with Crippen LogP contribution in [0.3, 0.4) is 0 Å². The molecule has 2 aromatic rings. The van der Waals surface area contributed by atoms with Crippen LogP contribution in [0.2, 0.25) is 0 Å². The maximum absolute atomic E-state index is 4.73. The lowest BCUT2D eigenvalue weighted by molar-refractivity contribution is 0.388. The van der Waals surface area contributed by atoms with E-state index in [-0.39, 0.29) is 5.54 Å². The van der Waals surface area contributed by atoms with Crippen molar-refractivity contribution in [2.75, 3.05) is 6.54 Å². The Hall–Kier alpha value is -1.42. The fraction of sp³-hybridized carbons (Fsp3) is 0.600. The van der Waals surface area contributed by atoms with E-state index in [0.29, 0.717) is 0 Å². The van der Waals surface area contributed by atoms with Gasteiger partial charge in [-0.1, -0.05) is 0 Å². The first-order chi connectivity index (χ1) is 9.05. The molecule has 2 aromatic heterocycles. The number of nitrogens with zero attached hydrogens (tertiary/aromatic N) is 3. The molecule has 1 fully saturated rings. The van der Waals surface area contributed by atoms with E-state index in [9.17, 15) is 0 Å². The molecule has 0 aromatic carbocycles. The van der Waals surface area contributed by atoms with Gasteiger partial charge in [0.05, 0.1) is 18.3 Å². The topological polar surface area (TPSA) is 42.7 Å². The highest BCUT2D eigenvalue weighted by Crippen LogP contribution is 2.28. The van der Waals surface area contributed by atoms with Crippen molar-refractivity contribution in [2.24, 2.45) is 5.92 Å². The normalized spacial score (nSPS) is 16.2. The Morgan fingerprint density at radius 1 is 1.37 bits per heavy atom. The van der Waals surface area contributed by atoms with Gasteiger partial charge in [-0.15, -0.1) is 0 Å². The van der Waals surface area contributed by atoms with Gasteiger partial charge in [-0.05, 0) is 52.1 Å². The molecule has 102 valence electrons. The molecule has 0 spiro atoms. The van der Waals surface area contributed by atoms with Crippen LogP contribution in [0.15, 0.2) is 18.5 Å². The zero-order valence-electron chi connectivity index (χ0n) is 12.0. The molecule has 19 heavy (non-hydrogen) atoms. The molecule has 0 bridgehead atoms. The van der Waals surface area contributed by atoms with Gasteiger partial charge in [0.2, 0.25) is 0 Å². The number of aromatic nitrogens is 3. The first kappa shape index (κ1) is 12.6. The number of hydrogen-bond donors (Lipinski definition) is 1. The van der Waals surface area contributed by atoms with Crippen LogP contribution in [0.1, 0.15) is 39.4 Å². The minimum Gasteiger partial charge on any atom is -0.321 e. The minimum atomic E-state index is 0.0344. The zero-order chi connectivity index (χ0) is 13.5. The van der Waals surface area contributed by atoms with Gasteiger partial charge in [-0.25, -0.2) is 4.98 Å². The molecule has 4 nitrogen and oxygen atoms in total. The quantitative estimate of drug-likeness (QED) is 0.917. The van der Waals surface area contributed by atoms with E-state index in [1.54, 1.807) is 0 Å². The SMILES string of the molecule is CC(C)(C)n1c(CNCC2CC2)nc2cnccc21. The van der Waals surface area contributed by atoms with Crippen LogP contribution in [0.25, 0.3) is 11.0 Å². The van der Waals surface area contributed by atoms with Crippen LogP contribution in [0, 0.1) is 5.92 Å². The summed E-state index contributed by atoms with van der Waals surface area (Å²) in [5, 5.41) is 3.53. The van der Waals surface area contributed by atoms with Gasteiger partial charge in [0.15, 0.2) is 0 Å². The van der Waals surface area contributed by atoms with Crippen LogP contribution in [0.5, 0.6) is 0 Å². The van der Waals surface area contributed by atoms with Crippen molar-refractivity contribution in [3.05, 3.63) is 24.3 Å². The van der Waals surface area contributed by atoms with E-state index in [0.717, 1.165) is 30.3 Å². The standard InChI is InChI=1S/C15H22N4/c1-15(2,3)19-13-6-7-16-9-12(13)18-14(19)10-17-8-11-4-5-11/h6-7,9,11,17H,4-5,8,10H2,1-3H3. The fourth-order valence-corrected chi connectivity index (χ4v) is 2.56. The summed E-state index contributed by atoms with van der Waals surface area (Å²) in [6.07, 6.45) is 6.45. The van der Waals surface area contributed by atoms with Crippen molar-refractivity contribution in [1.82, 2.24) is 19.9 Å². The third-order valence-electron chi connectivity index (χ3n) is 3.61. The predicted molar refractivity (Wildman–Crippen MR) is 77.0 cm³/mol. The average Bonchev–Trinajstić information content (AvgIpc) is 3.07. The molecule has 1 N–H and O–H groups in total. The Morgan fingerprint density at radius 2 is 2.16 bits per heavy atom. The lowest BCUT2D eigenvalue weighted by Crippen LogP contribution is -2.27. The van der Waals surface area contributed by atoms with Gasteiger partial charge in [0.25, 0.3) is 0 Å². The molecule has 0 aliphatic heterocycles. The molecular formula is C15H22N4. The van der Waals surface area contributed by atoms with Gasteiger partial charge in [-0.2, -0.15) is 0 Å². The van der Waals surface area contributed by atoms with E-state index in [1.807, 2.05) is 12.4 Å². The first-order valence-corrected chi connectivity index (χ1v) is 7.08. The Bertz CT molecular complexity index is 575. The van der Waals surface area contributed by atoms with E-state index in [2.05, 4.69) is 41.7 Å². The van der Waals surface area contributed by atoms with Gasteiger partial charge >= 0.3 is 0 Å². The maximum Gasteiger partial charge on any atom is 0.124 e. The molecule has 0 unspecified atom stereocenters. The van der Waals surface area contributed by atoms with Gasteiger partial charge in [-0.3, -0.25) is 4.98 Å². The van der Waals surface area contributed by atoms with Crippen LogP contribution >= 0.6 is 0 Å². The molecule has 1 aliphatic carbocycles. The largest absolute Gasteiger partial charge is 0.321 e. The molecule has 0 amide bonds. The van der Waals surface area contributed by atoms with Crippen LogP contribution in [-0.4, -0.2) is 21.1 Å². The average molecular weight is 258 g/mol. The highest BCUT2D eigenvalue weighted by molar-refractivity contribution is 5.75. The molecule has 1 aliphatic rings. The van der Waals surface area contributed by atoms with Gasteiger partial charge in [0.1, 0.15) is 11.3 Å². The highest BCUT2D eigenvalue weighted by Gasteiger charge is 2.23. The second-order valence-electron chi connectivity index (χ2n) is 6.47. The summed E-state index contributed by atoms with van der Waals surface area (Å²) in [6.45, 7) is 8.62. The van der Waals surface area contributed by atoms with Crippen molar-refractivity contribution in [1.29, 1.82) is 0 Å². The highest BCUT2D eigenvalue weighted by atomic mass is 15.2. The third-order valence-corrected chi connectivity index (χ3v) is 3.61. The number of imidazole rings is 1. The van der Waals surface area contributed by atoms with Crippen molar-refractivity contribution in [2.45, 2.75) is 45.7 Å². The zero-order valence-corrected chi connectivity index (χ0v) is 12.0. The summed E-state index contributed by atoms with van der Waals surface area (Å²) in [5.74, 6) is 2.00. The number of pyridine rings is 1. The summed E-state index contributed by atoms with van der Waals surface area (Å²) in [4.78, 5) is 8.91. The number of nitrogens with one attached hydrogen (secondary N) is 1. The smallest absolute Gasteiger partial charge is 0.124 e. The second kappa shape index (κ2) is 4.60. The summed E-state index contributed by atoms with van der Waals surface area (Å²) in [6, 6.07) is 2.05. The van der Waals surface area contributed by atoms with Crippen molar-refractivity contribution in [3.63, 3.8) is 0 Å². The fourth-order valence-electron chi connectivity index (χ4n) is 2.56. The number of hydrogen-bond acceptors (Lipinski definition) is 3. The lowest BCUT2D eigenvalue weighted by Gasteiger charge is -2.24. The van der Waals surface area contributed by atoms with Crippen LogP contribution in [-0.2, 0) is 12.1 Å². The van der Waals surface area contributed by atoms with E-state index in [1.165, 1.54) is 18.4 Å². The molecule has 0 atom stereocenters. The Labute approximate surface area is 114 Å². The monoisotopic (exact) mass is 258 g/mol. The van der Waals surface area contributed by atoms with Crippen molar-refractivity contribution >= 4 is 11.0 Å². The molecule has 4 heteroatoms. The van der Waals surface area contributed by atoms with Crippen LogP contribution in [0.4, 0.5) is 0 Å². The molecule has 3 rings (SSSR count). The summed E-state index contributed by atoms with van der Waals surface area (Å²) in [5.41, 5.74) is 2.19. The lowest BCUT2D eigenvalue weighted by atomic mass is 10.1. The molecule has 2 heterocycles.